The van der Waals surface area contributed by atoms with Crippen molar-refractivity contribution in [3.05, 3.63) is 35.9 Å². The van der Waals surface area contributed by atoms with Crippen molar-refractivity contribution in [2.75, 3.05) is 6.61 Å². The van der Waals surface area contributed by atoms with Crippen LogP contribution in [0.2, 0.25) is 0 Å². The predicted molar refractivity (Wildman–Crippen MR) is 69.2 cm³/mol. The summed E-state index contributed by atoms with van der Waals surface area (Å²) < 4.78 is 28.4. The Kier molecular flexibility index (Phi) is 4.23. The SMILES string of the molecule is CCC1(CC)COP(=O)(OCc2ccccc2)O1. The maximum absolute atomic E-state index is 12.3. The highest BCUT2D eigenvalue weighted by molar-refractivity contribution is 7.48. The van der Waals surface area contributed by atoms with Crippen LogP contribution in [0.25, 0.3) is 0 Å². The van der Waals surface area contributed by atoms with Crippen LogP contribution in [0.1, 0.15) is 32.3 Å². The van der Waals surface area contributed by atoms with Crippen LogP contribution in [0, 0.1) is 0 Å². The van der Waals surface area contributed by atoms with Gasteiger partial charge in [0.25, 0.3) is 0 Å². The van der Waals surface area contributed by atoms with Crippen molar-refractivity contribution in [2.45, 2.75) is 38.9 Å². The van der Waals surface area contributed by atoms with Gasteiger partial charge in [-0.3, -0.25) is 13.6 Å². The standard InChI is InChI=1S/C13H19O4P/c1-3-13(4-2)11-16-18(14,17-13)15-10-12-8-6-5-7-9-12/h5-9H,3-4,10-11H2,1-2H3. The van der Waals surface area contributed by atoms with Crippen LogP contribution < -0.4 is 0 Å². The van der Waals surface area contributed by atoms with Crippen LogP contribution in [0.4, 0.5) is 0 Å². The van der Waals surface area contributed by atoms with Gasteiger partial charge in [0, 0.05) is 0 Å². The molecule has 1 fully saturated rings. The van der Waals surface area contributed by atoms with E-state index >= 15 is 0 Å². The Hall–Kier alpha value is -0.670. The molecule has 1 saturated heterocycles. The van der Waals surface area contributed by atoms with Crippen LogP contribution in [0.3, 0.4) is 0 Å². The molecule has 0 N–H and O–H groups in total. The van der Waals surface area contributed by atoms with E-state index in [9.17, 15) is 4.57 Å². The molecule has 0 radical (unpaired) electrons. The van der Waals surface area contributed by atoms with Crippen LogP contribution in [0.5, 0.6) is 0 Å². The molecule has 4 nitrogen and oxygen atoms in total. The molecule has 1 aliphatic heterocycles. The van der Waals surface area contributed by atoms with Gasteiger partial charge in [0.05, 0.1) is 13.2 Å². The van der Waals surface area contributed by atoms with Crippen molar-refractivity contribution in [2.24, 2.45) is 0 Å². The lowest BCUT2D eigenvalue weighted by Gasteiger charge is -2.22. The first-order chi connectivity index (χ1) is 8.61. The molecule has 1 heterocycles. The fraction of sp³-hybridized carbons (Fsp3) is 0.538. The second-order valence-corrected chi connectivity index (χ2v) is 6.05. The average molecular weight is 270 g/mol. The Morgan fingerprint density at radius 1 is 1.28 bits per heavy atom. The van der Waals surface area contributed by atoms with Crippen LogP contribution in [0.15, 0.2) is 30.3 Å². The third-order valence-corrected chi connectivity index (χ3v) is 4.81. The monoisotopic (exact) mass is 270 g/mol. The summed E-state index contributed by atoms with van der Waals surface area (Å²) in [6.45, 7) is 4.58. The van der Waals surface area contributed by atoms with E-state index in [1.165, 1.54) is 0 Å². The zero-order valence-electron chi connectivity index (χ0n) is 10.8. The quantitative estimate of drug-likeness (QED) is 0.761. The van der Waals surface area contributed by atoms with Gasteiger partial charge < -0.3 is 0 Å². The first kappa shape index (κ1) is 13.8. The topological polar surface area (TPSA) is 44.8 Å². The van der Waals surface area contributed by atoms with Gasteiger partial charge >= 0.3 is 7.82 Å². The third-order valence-electron chi connectivity index (χ3n) is 3.31. The Morgan fingerprint density at radius 3 is 2.50 bits per heavy atom. The van der Waals surface area contributed by atoms with E-state index in [-0.39, 0.29) is 6.61 Å². The predicted octanol–water partition coefficient (Wildman–Crippen LogP) is 3.92. The molecule has 0 aliphatic carbocycles. The fourth-order valence-corrected chi connectivity index (χ4v) is 3.53. The number of phosphoric acid groups is 1. The van der Waals surface area contributed by atoms with E-state index in [1.54, 1.807) is 0 Å². The third kappa shape index (κ3) is 3.01. The second-order valence-electron chi connectivity index (χ2n) is 4.46. The Bertz CT molecular complexity index is 428. The maximum Gasteiger partial charge on any atom is 0.475 e. The molecule has 0 saturated carbocycles. The lowest BCUT2D eigenvalue weighted by atomic mass is 9.99. The number of phosphoric ester groups is 1. The van der Waals surface area contributed by atoms with Crippen LogP contribution in [-0.2, 0) is 24.7 Å². The molecule has 1 aromatic carbocycles. The summed E-state index contributed by atoms with van der Waals surface area (Å²) in [6.07, 6.45) is 1.53. The highest BCUT2D eigenvalue weighted by Crippen LogP contribution is 2.60. The van der Waals surface area contributed by atoms with E-state index in [1.807, 2.05) is 44.2 Å². The minimum atomic E-state index is -3.39. The highest BCUT2D eigenvalue weighted by atomic mass is 31.2. The normalized spacial score (nSPS) is 26.3. The Morgan fingerprint density at radius 2 is 1.94 bits per heavy atom. The van der Waals surface area contributed by atoms with Crippen LogP contribution >= 0.6 is 7.82 Å². The van der Waals surface area contributed by atoms with Crippen LogP contribution in [-0.4, -0.2) is 12.2 Å². The Labute approximate surface area is 108 Å². The first-order valence-electron chi connectivity index (χ1n) is 6.25. The number of rotatable bonds is 5. The molecule has 18 heavy (non-hydrogen) atoms. The van der Waals surface area contributed by atoms with Gasteiger partial charge in [0.2, 0.25) is 0 Å². The largest absolute Gasteiger partial charge is 0.475 e. The number of hydrogen-bond donors (Lipinski definition) is 0. The molecule has 100 valence electrons. The molecule has 5 heteroatoms. The summed E-state index contributed by atoms with van der Waals surface area (Å²) in [7, 11) is -3.39. The van der Waals surface area contributed by atoms with E-state index in [0.717, 1.165) is 18.4 Å². The molecule has 1 aliphatic rings. The zero-order valence-corrected chi connectivity index (χ0v) is 11.7. The molecule has 1 aromatic rings. The van der Waals surface area contributed by atoms with Gasteiger partial charge in [-0.15, -0.1) is 0 Å². The van der Waals surface area contributed by atoms with Gasteiger partial charge in [0.1, 0.15) is 5.60 Å². The van der Waals surface area contributed by atoms with Gasteiger partial charge in [-0.2, -0.15) is 0 Å². The minimum Gasteiger partial charge on any atom is -0.284 e. The van der Waals surface area contributed by atoms with Crippen molar-refractivity contribution in [3.63, 3.8) is 0 Å². The van der Waals surface area contributed by atoms with Crippen molar-refractivity contribution < 1.29 is 18.1 Å². The molecule has 0 spiro atoms. The summed E-state index contributed by atoms with van der Waals surface area (Å²) in [5.41, 5.74) is 0.497. The van der Waals surface area contributed by atoms with Gasteiger partial charge in [-0.25, -0.2) is 4.57 Å². The molecular formula is C13H19O4P. The van der Waals surface area contributed by atoms with Crippen molar-refractivity contribution >= 4 is 7.82 Å². The van der Waals surface area contributed by atoms with Crippen molar-refractivity contribution in [1.82, 2.24) is 0 Å². The first-order valence-corrected chi connectivity index (χ1v) is 7.71. The maximum atomic E-state index is 12.3. The Balaban J connectivity index is 1.96. The fourth-order valence-electron chi connectivity index (χ4n) is 1.86. The molecule has 1 atom stereocenters. The highest BCUT2D eigenvalue weighted by Gasteiger charge is 2.47. The number of hydrogen-bond acceptors (Lipinski definition) is 4. The van der Waals surface area contributed by atoms with Gasteiger partial charge in [-0.05, 0) is 18.4 Å². The lowest BCUT2D eigenvalue weighted by Crippen LogP contribution is -2.28. The molecule has 0 bridgehead atoms. The van der Waals surface area contributed by atoms with Crippen molar-refractivity contribution in [3.8, 4) is 0 Å². The van der Waals surface area contributed by atoms with E-state index in [0.29, 0.717) is 6.61 Å². The van der Waals surface area contributed by atoms with E-state index < -0.39 is 13.4 Å². The summed E-state index contributed by atoms with van der Waals surface area (Å²) in [6, 6.07) is 9.57. The minimum absolute atomic E-state index is 0.238. The molecule has 1 unspecified atom stereocenters. The van der Waals surface area contributed by atoms with Gasteiger partial charge in [-0.1, -0.05) is 44.2 Å². The summed E-state index contributed by atoms with van der Waals surface area (Å²) in [5, 5.41) is 0. The van der Waals surface area contributed by atoms with Gasteiger partial charge in [0.15, 0.2) is 0 Å². The molecule has 0 amide bonds. The lowest BCUT2D eigenvalue weighted by molar-refractivity contribution is 0.0706. The summed E-state index contributed by atoms with van der Waals surface area (Å²) >= 11 is 0. The zero-order chi connectivity index (χ0) is 13.1. The second kappa shape index (κ2) is 5.54. The molecule has 0 aromatic heterocycles. The van der Waals surface area contributed by atoms with E-state index in [4.69, 9.17) is 13.6 Å². The molecular weight excluding hydrogens is 251 g/mol. The number of benzene rings is 1. The van der Waals surface area contributed by atoms with E-state index in [2.05, 4.69) is 0 Å². The van der Waals surface area contributed by atoms with Crippen molar-refractivity contribution in [1.29, 1.82) is 0 Å². The molecule has 2 rings (SSSR count). The summed E-state index contributed by atoms with van der Waals surface area (Å²) in [5.74, 6) is 0. The summed E-state index contributed by atoms with van der Waals surface area (Å²) in [4.78, 5) is 0. The average Bonchev–Trinajstić information content (AvgIpc) is 2.77. The smallest absolute Gasteiger partial charge is 0.284 e.